The molecule has 0 aliphatic carbocycles. The zero-order chi connectivity index (χ0) is 64.3. The maximum Gasteiger partial charge on any atom is 0.472 e. The first-order chi connectivity index (χ1) is 41.9. The molecule has 0 aliphatic rings. The lowest BCUT2D eigenvalue weighted by Crippen LogP contribution is -2.30. The third-order valence-corrected chi connectivity index (χ3v) is 17.6. The number of rotatable bonds is 67. The number of unbranched alkanes of at least 4 members (excludes halogenated alkanes) is 37. The Balaban J connectivity index is 5.23. The van der Waals surface area contributed by atoms with Gasteiger partial charge in [0.1, 0.15) is 19.3 Å². The minimum atomic E-state index is -4.95. The third-order valence-electron chi connectivity index (χ3n) is 15.7. The lowest BCUT2D eigenvalue weighted by Gasteiger charge is -2.21. The van der Waals surface area contributed by atoms with Gasteiger partial charge in [-0.15, -0.1) is 0 Å². The van der Waals surface area contributed by atoms with Gasteiger partial charge in [0, 0.05) is 25.7 Å². The SMILES string of the molecule is CCCCCCCCCCCCC(=O)OC[C@H](COP(=O)(O)OC[C@H](O)COP(=O)(O)OC[C@@H](COC(=O)CCCCCCCCCCC(C)C)OC(=O)CCCCCCCCCCCCCCCC(C)C)OC(=O)CCCCCCCCCCCC. The Labute approximate surface area is 530 Å². The van der Waals surface area contributed by atoms with Crippen LogP contribution in [0.1, 0.15) is 343 Å². The molecule has 0 spiro atoms. The van der Waals surface area contributed by atoms with Crippen molar-refractivity contribution >= 4 is 39.5 Å². The summed E-state index contributed by atoms with van der Waals surface area (Å²) in [5.74, 6) is -0.615. The van der Waals surface area contributed by atoms with E-state index in [4.69, 9.17) is 37.0 Å². The Hall–Kier alpha value is -1.94. The van der Waals surface area contributed by atoms with Crippen LogP contribution >= 0.6 is 15.6 Å². The number of aliphatic hydroxyl groups excluding tert-OH is 1. The van der Waals surface area contributed by atoms with Gasteiger partial charge < -0.3 is 33.8 Å². The van der Waals surface area contributed by atoms with Crippen LogP contribution in [0.3, 0.4) is 0 Å². The van der Waals surface area contributed by atoms with E-state index in [0.717, 1.165) is 102 Å². The summed E-state index contributed by atoms with van der Waals surface area (Å²) in [6.45, 7) is 9.50. The highest BCUT2D eigenvalue weighted by molar-refractivity contribution is 7.47. The summed E-state index contributed by atoms with van der Waals surface area (Å²) < 4.78 is 68.1. The summed E-state index contributed by atoms with van der Waals surface area (Å²) >= 11 is 0. The van der Waals surface area contributed by atoms with Crippen molar-refractivity contribution in [2.45, 2.75) is 362 Å². The van der Waals surface area contributed by atoms with Crippen LogP contribution in [0.5, 0.6) is 0 Å². The van der Waals surface area contributed by atoms with Crippen molar-refractivity contribution < 1.29 is 80.2 Å². The van der Waals surface area contributed by atoms with E-state index < -0.39 is 97.5 Å². The number of ether oxygens (including phenoxy) is 4. The highest BCUT2D eigenvalue weighted by Crippen LogP contribution is 2.45. The minimum Gasteiger partial charge on any atom is -0.462 e. The van der Waals surface area contributed by atoms with Crippen molar-refractivity contribution in [3.8, 4) is 0 Å². The van der Waals surface area contributed by atoms with Gasteiger partial charge in [0.05, 0.1) is 26.4 Å². The van der Waals surface area contributed by atoms with E-state index in [-0.39, 0.29) is 25.7 Å². The van der Waals surface area contributed by atoms with Crippen molar-refractivity contribution in [1.29, 1.82) is 0 Å². The highest BCUT2D eigenvalue weighted by atomic mass is 31.2. The summed E-state index contributed by atoms with van der Waals surface area (Å²) in [5, 5.41) is 10.6. The Morgan fingerprint density at radius 3 is 0.782 bits per heavy atom. The average Bonchev–Trinajstić information content (AvgIpc) is 3.64. The van der Waals surface area contributed by atoms with Crippen LogP contribution in [0.25, 0.3) is 0 Å². The number of hydrogen-bond donors (Lipinski definition) is 3. The van der Waals surface area contributed by atoms with Crippen LogP contribution in [0.4, 0.5) is 0 Å². The first-order valence-corrected chi connectivity index (χ1v) is 38.5. The van der Waals surface area contributed by atoms with Crippen LogP contribution in [-0.2, 0) is 65.4 Å². The number of phosphoric acid groups is 2. The summed E-state index contributed by atoms with van der Waals surface area (Å²) in [6, 6.07) is 0. The van der Waals surface area contributed by atoms with Gasteiger partial charge in [-0.3, -0.25) is 37.3 Å². The predicted molar refractivity (Wildman–Crippen MR) is 349 cm³/mol. The molecule has 0 aliphatic heterocycles. The van der Waals surface area contributed by atoms with Crippen molar-refractivity contribution in [2.75, 3.05) is 39.6 Å². The summed E-state index contributed by atoms with van der Waals surface area (Å²) in [4.78, 5) is 72.4. The molecule has 17 nitrogen and oxygen atoms in total. The number of phosphoric ester groups is 2. The molecule has 0 bridgehead atoms. The fourth-order valence-corrected chi connectivity index (χ4v) is 11.8. The van der Waals surface area contributed by atoms with E-state index in [1.54, 1.807) is 0 Å². The molecule has 2 unspecified atom stereocenters. The van der Waals surface area contributed by atoms with E-state index in [1.165, 1.54) is 161 Å². The molecule has 516 valence electrons. The normalized spacial score (nSPS) is 14.2. The van der Waals surface area contributed by atoms with Gasteiger partial charge in [-0.05, 0) is 37.5 Å². The number of carbonyl (C=O) groups excluding carboxylic acids is 4. The van der Waals surface area contributed by atoms with E-state index in [2.05, 4.69) is 41.5 Å². The van der Waals surface area contributed by atoms with Crippen molar-refractivity contribution in [3.63, 3.8) is 0 Å². The van der Waals surface area contributed by atoms with Crippen LogP contribution < -0.4 is 0 Å². The number of aliphatic hydroxyl groups is 1. The second-order valence-corrected chi connectivity index (χ2v) is 28.4. The molecule has 0 aromatic rings. The molecule has 3 N–H and O–H groups in total. The molecule has 0 heterocycles. The van der Waals surface area contributed by atoms with Crippen molar-refractivity contribution in [1.82, 2.24) is 0 Å². The van der Waals surface area contributed by atoms with E-state index in [0.29, 0.717) is 25.7 Å². The second-order valence-electron chi connectivity index (χ2n) is 25.5. The molecule has 0 amide bonds. The summed E-state index contributed by atoms with van der Waals surface area (Å²) in [5.41, 5.74) is 0. The number of hydrogen-bond acceptors (Lipinski definition) is 15. The standard InChI is InChI=1S/C68H132O17P2/c1-7-9-11-13-15-17-25-32-38-44-50-65(70)78-56-63(84-67(72)52-46-40-34-26-18-16-14-12-10-8-2)58-82-86(74,75)80-54-62(69)55-81-87(76,77)83-59-64(57-79-66(71)51-45-39-33-29-28-31-37-43-49-61(5)6)85-68(73)53-47-41-35-27-23-21-19-20-22-24-30-36-42-48-60(3)4/h60-64,69H,7-59H2,1-6H3,(H,74,75)(H,76,77)/t62-,63+,64+/m0/s1. The molecule has 0 radical (unpaired) electrons. The minimum absolute atomic E-state index is 0.106. The van der Waals surface area contributed by atoms with Gasteiger partial charge in [0.25, 0.3) is 0 Å². The molecule has 5 atom stereocenters. The maximum atomic E-state index is 13.0. The molecule has 0 aromatic carbocycles. The first-order valence-electron chi connectivity index (χ1n) is 35.5. The fraction of sp³-hybridized carbons (Fsp3) is 0.941. The monoisotopic (exact) mass is 1280 g/mol. The molecular formula is C68H132O17P2. The zero-order valence-electron chi connectivity index (χ0n) is 56.3. The number of carbonyl (C=O) groups is 4. The molecular weight excluding hydrogens is 1150 g/mol. The lowest BCUT2D eigenvalue weighted by atomic mass is 10.0. The fourth-order valence-electron chi connectivity index (χ4n) is 10.2. The largest absolute Gasteiger partial charge is 0.472 e. The molecule has 0 fully saturated rings. The Bertz CT molecular complexity index is 1700. The predicted octanol–water partition coefficient (Wildman–Crippen LogP) is 19.2. The zero-order valence-corrected chi connectivity index (χ0v) is 58.1. The topological polar surface area (TPSA) is 237 Å². The highest BCUT2D eigenvalue weighted by Gasteiger charge is 2.30. The van der Waals surface area contributed by atoms with E-state index in [9.17, 15) is 43.2 Å². The molecule has 0 rings (SSSR count). The van der Waals surface area contributed by atoms with Crippen LogP contribution in [0.15, 0.2) is 0 Å². The van der Waals surface area contributed by atoms with Gasteiger partial charge in [-0.1, -0.05) is 292 Å². The van der Waals surface area contributed by atoms with Gasteiger partial charge >= 0.3 is 39.5 Å². The molecule has 0 saturated heterocycles. The van der Waals surface area contributed by atoms with Crippen LogP contribution in [0, 0.1) is 11.8 Å². The summed E-state index contributed by atoms with van der Waals surface area (Å²) in [6.07, 6.45) is 44.4. The lowest BCUT2D eigenvalue weighted by molar-refractivity contribution is -0.161. The molecule has 0 saturated carbocycles. The van der Waals surface area contributed by atoms with E-state index in [1.807, 2.05) is 0 Å². The average molecular weight is 1280 g/mol. The van der Waals surface area contributed by atoms with Crippen LogP contribution in [0.2, 0.25) is 0 Å². The number of esters is 4. The van der Waals surface area contributed by atoms with Crippen LogP contribution in [-0.4, -0.2) is 96.7 Å². The van der Waals surface area contributed by atoms with Gasteiger partial charge in [0.2, 0.25) is 0 Å². The Kier molecular flexibility index (Phi) is 59.0. The van der Waals surface area contributed by atoms with E-state index >= 15 is 0 Å². The third kappa shape index (κ3) is 62.6. The molecule has 87 heavy (non-hydrogen) atoms. The Morgan fingerprint density at radius 2 is 0.529 bits per heavy atom. The van der Waals surface area contributed by atoms with Crippen molar-refractivity contribution in [2.24, 2.45) is 11.8 Å². The maximum absolute atomic E-state index is 13.0. The second kappa shape index (κ2) is 60.3. The molecule has 19 heteroatoms. The first kappa shape index (κ1) is 85.1. The summed E-state index contributed by atoms with van der Waals surface area (Å²) in [7, 11) is -9.89. The van der Waals surface area contributed by atoms with Crippen molar-refractivity contribution in [3.05, 3.63) is 0 Å². The van der Waals surface area contributed by atoms with Gasteiger partial charge in [0.15, 0.2) is 12.2 Å². The Morgan fingerprint density at radius 1 is 0.310 bits per heavy atom. The van der Waals surface area contributed by atoms with Gasteiger partial charge in [-0.25, -0.2) is 9.13 Å². The molecule has 0 aromatic heterocycles. The quantitative estimate of drug-likeness (QED) is 0.0222. The smallest absolute Gasteiger partial charge is 0.462 e. The van der Waals surface area contributed by atoms with Gasteiger partial charge in [-0.2, -0.15) is 0 Å².